The maximum absolute atomic E-state index is 7.05. The zero-order chi connectivity index (χ0) is 67.8. The van der Waals surface area contributed by atoms with Crippen molar-refractivity contribution in [1.82, 2.24) is 0 Å². The molecule has 6 atom stereocenters. The molecule has 0 aliphatic rings. The first-order chi connectivity index (χ1) is 44.0. The minimum atomic E-state index is 0.546. The van der Waals surface area contributed by atoms with Crippen LogP contribution in [0.25, 0.3) is 36.5 Å². The monoisotopic (exact) mass is 1270 g/mol. The maximum Gasteiger partial charge on any atom is 0.127 e. The minimum Gasteiger partial charge on any atom is -0.493 e. The fourth-order valence-corrected chi connectivity index (χ4v) is 12.1. The van der Waals surface area contributed by atoms with Crippen LogP contribution in [0.3, 0.4) is 0 Å². The summed E-state index contributed by atoms with van der Waals surface area (Å²) in [5, 5.41) is 0. The van der Waals surface area contributed by atoms with Crippen molar-refractivity contribution in [1.29, 1.82) is 0 Å². The van der Waals surface area contributed by atoms with Gasteiger partial charge in [-0.2, -0.15) is 0 Å². The molecule has 0 aromatic heterocycles. The lowest BCUT2D eigenvalue weighted by Gasteiger charge is -2.19. The molecule has 6 heteroatoms. The second kappa shape index (κ2) is 47.3. The van der Waals surface area contributed by atoms with Gasteiger partial charge >= 0.3 is 0 Å². The highest BCUT2D eigenvalue weighted by atomic mass is 16.5. The number of rotatable bonds is 54. The van der Waals surface area contributed by atoms with Crippen molar-refractivity contribution in [3.63, 3.8) is 0 Å². The molecular weight excluding hydrogens is 1130 g/mol. The van der Waals surface area contributed by atoms with Gasteiger partial charge in [0.15, 0.2) is 0 Å². The largest absolute Gasteiger partial charge is 0.493 e. The van der Waals surface area contributed by atoms with E-state index in [0.29, 0.717) is 87.0 Å². The van der Waals surface area contributed by atoms with Gasteiger partial charge in [-0.3, -0.25) is 0 Å². The summed E-state index contributed by atoms with van der Waals surface area (Å²) in [7, 11) is 0. The minimum absolute atomic E-state index is 0.546. The maximum atomic E-state index is 7.05. The van der Waals surface area contributed by atoms with E-state index in [-0.39, 0.29) is 0 Å². The summed E-state index contributed by atoms with van der Waals surface area (Å²) in [6, 6.07) is 13.0. The van der Waals surface area contributed by atoms with Gasteiger partial charge in [0.05, 0.1) is 39.6 Å². The van der Waals surface area contributed by atoms with Crippen molar-refractivity contribution < 1.29 is 28.4 Å². The number of hydrogen-bond acceptors (Lipinski definition) is 6. The Balaban J connectivity index is 2.29. The fraction of sp³-hybridized carbons (Fsp3) is 0.698. The predicted molar refractivity (Wildman–Crippen MR) is 405 cm³/mol. The van der Waals surface area contributed by atoms with Crippen LogP contribution in [0.2, 0.25) is 0 Å². The van der Waals surface area contributed by atoms with Crippen molar-refractivity contribution >= 4 is 36.5 Å². The van der Waals surface area contributed by atoms with E-state index in [2.05, 4.69) is 198 Å². The summed E-state index contributed by atoms with van der Waals surface area (Å²) in [5.74, 6) is 12.7. The first-order valence-corrected chi connectivity index (χ1v) is 37.9. The molecule has 0 aliphatic carbocycles. The van der Waals surface area contributed by atoms with Crippen LogP contribution in [0.5, 0.6) is 34.5 Å². The molecule has 3 aromatic carbocycles. The highest BCUT2D eigenvalue weighted by Crippen LogP contribution is 2.38. The van der Waals surface area contributed by atoms with E-state index in [1.165, 1.54) is 116 Å². The molecule has 0 saturated carbocycles. The quantitative estimate of drug-likeness (QED) is 0.0525. The molecule has 0 amide bonds. The summed E-state index contributed by atoms with van der Waals surface area (Å²) >= 11 is 0. The smallest absolute Gasteiger partial charge is 0.127 e. The Bertz CT molecular complexity index is 2320. The lowest BCUT2D eigenvalue weighted by Crippen LogP contribution is -2.08. The molecule has 0 N–H and O–H groups in total. The number of ether oxygens (including phenoxy) is 6. The van der Waals surface area contributed by atoms with Gasteiger partial charge in [0.25, 0.3) is 0 Å². The summed E-state index contributed by atoms with van der Waals surface area (Å²) in [4.78, 5) is 0. The van der Waals surface area contributed by atoms with Gasteiger partial charge in [0.1, 0.15) is 34.5 Å². The Morgan fingerprint density at radius 3 is 0.533 bits per heavy atom. The molecule has 0 fully saturated rings. The molecule has 0 unspecified atom stereocenters. The molecular formula is C86H142O6. The van der Waals surface area contributed by atoms with Gasteiger partial charge in [0.2, 0.25) is 0 Å². The normalized spacial score (nSPS) is 14.1. The topological polar surface area (TPSA) is 55.4 Å². The highest BCUT2D eigenvalue weighted by molar-refractivity contribution is 5.82. The van der Waals surface area contributed by atoms with E-state index in [4.69, 9.17) is 28.4 Å². The standard InChI is InChI=1S/C86H142O6/c1-21-75-57-83(89-53-47-71(17)37-25-31-65(7)8)77(59-81(75)87-51-45-69(15)35-23-29-63(3)4)41-43-79-61-86(92-56-50-74(20)40-28-34-68(13)14)80(62-85(79)91-55-49-73(19)39-27-33-67(11)12)44-42-78-60-82(88-52-46-70(16)36-24-30-64(5)6)76(22-2)58-84(78)90-54-48-72(18)38-26-32-66(9)10/h21-22,41-44,57-74H,1-2,23-40,45-56H2,3-20H3/b43-41+,44-42+/t69-,70-,71-,72-,73-,74-/m1/s1. The molecule has 6 nitrogen and oxygen atoms in total. The first-order valence-electron chi connectivity index (χ1n) is 37.9. The van der Waals surface area contributed by atoms with Gasteiger partial charge in [-0.15, -0.1) is 0 Å². The molecule has 92 heavy (non-hydrogen) atoms. The third-order valence-electron chi connectivity index (χ3n) is 18.8. The van der Waals surface area contributed by atoms with Crippen molar-refractivity contribution in [2.24, 2.45) is 71.0 Å². The van der Waals surface area contributed by atoms with Crippen LogP contribution in [0, 0.1) is 71.0 Å². The molecule has 522 valence electrons. The molecule has 3 aromatic rings. The molecule has 0 aliphatic heterocycles. The van der Waals surface area contributed by atoms with Crippen molar-refractivity contribution in [3.05, 3.63) is 82.9 Å². The lowest BCUT2D eigenvalue weighted by molar-refractivity contribution is 0.268. The summed E-state index contributed by atoms with van der Waals surface area (Å²) in [6.45, 7) is 54.4. The molecule has 0 spiro atoms. The van der Waals surface area contributed by atoms with Crippen LogP contribution < -0.4 is 28.4 Å². The Labute approximate surface area is 568 Å². The Morgan fingerprint density at radius 2 is 0.380 bits per heavy atom. The molecule has 0 radical (unpaired) electrons. The SMILES string of the molecule is C=Cc1cc(OCC[C@H](C)CCCC(C)C)c(/C=C/c2cc(OCC[C@H](C)CCCC(C)C)c(/C=C/c3cc(OCC[C@H](C)CCCC(C)C)c(C=C)cc3OCC[C@H](C)CCCC(C)C)cc2OCC[C@H](C)CCCC(C)C)cc1OCC[C@H](C)CCCC(C)C. The average Bonchev–Trinajstić information content (AvgIpc) is 0.866. The van der Waals surface area contributed by atoms with Gasteiger partial charge in [0, 0.05) is 33.4 Å². The summed E-state index contributed by atoms with van der Waals surface area (Å²) in [5.41, 5.74) is 5.75. The highest BCUT2D eigenvalue weighted by Gasteiger charge is 2.18. The van der Waals surface area contributed by atoms with E-state index >= 15 is 0 Å². The fourth-order valence-electron chi connectivity index (χ4n) is 12.1. The van der Waals surface area contributed by atoms with Gasteiger partial charge in [-0.1, -0.05) is 290 Å². The second-order valence-electron chi connectivity index (χ2n) is 31.3. The lowest BCUT2D eigenvalue weighted by atomic mass is 9.97. The third kappa shape index (κ3) is 36.3. The van der Waals surface area contributed by atoms with Crippen molar-refractivity contribution in [2.75, 3.05) is 39.6 Å². The first kappa shape index (κ1) is 81.7. The van der Waals surface area contributed by atoms with Crippen LogP contribution in [0.4, 0.5) is 0 Å². The van der Waals surface area contributed by atoms with Crippen LogP contribution in [0.1, 0.15) is 312 Å². The van der Waals surface area contributed by atoms with Crippen LogP contribution in [0.15, 0.2) is 49.6 Å². The van der Waals surface area contributed by atoms with Gasteiger partial charge < -0.3 is 28.4 Å². The van der Waals surface area contributed by atoms with Crippen molar-refractivity contribution in [2.45, 2.75) is 279 Å². The van der Waals surface area contributed by atoms with E-state index < -0.39 is 0 Å². The van der Waals surface area contributed by atoms with E-state index in [1.54, 1.807) is 0 Å². The Morgan fingerprint density at radius 1 is 0.228 bits per heavy atom. The van der Waals surface area contributed by atoms with Crippen LogP contribution in [-0.2, 0) is 0 Å². The van der Waals surface area contributed by atoms with E-state index in [1.807, 2.05) is 12.2 Å². The summed E-state index contributed by atoms with van der Waals surface area (Å²) < 4.78 is 41.2. The zero-order valence-corrected chi connectivity index (χ0v) is 62.9. The molecule has 3 rings (SSSR count). The average molecular weight is 1270 g/mol. The molecule has 0 heterocycles. The van der Waals surface area contributed by atoms with E-state index in [0.717, 1.165) is 130 Å². The predicted octanol–water partition coefficient (Wildman–Crippen LogP) is 26.7. The van der Waals surface area contributed by atoms with Crippen LogP contribution in [-0.4, -0.2) is 39.6 Å². The zero-order valence-electron chi connectivity index (χ0n) is 62.9. The molecule has 0 bridgehead atoms. The molecule has 0 saturated heterocycles. The van der Waals surface area contributed by atoms with Gasteiger partial charge in [-0.05, 0) is 146 Å². The Kier molecular flexibility index (Phi) is 42.0. The second-order valence-corrected chi connectivity index (χ2v) is 31.3. The third-order valence-corrected chi connectivity index (χ3v) is 18.8. The number of hydrogen-bond donors (Lipinski definition) is 0. The van der Waals surface area contributed by atoms with Gasteiger partial charge in [-0.25, -0.2) is 0 Å². The summed E-state index contributed by atoms with van der Waals surface area (Å²) in [6.07, 6.45) is 40.9. The Hall–Kier alpha value is -4.58. The van der Waals surface area contributed by atoms with Crippen molar-refractivity contribution in [3.8, 4) is 34.5 Å². The number of benzene rings is 3. The van der Waals surface area contributed by atoms with E-state index in [9.17, 15) is 0 Å². The van der Waals surface area contributed by atoms with Crippen LogP contribution >= 0.6 is 0 Å².